The highest BCUT2D eigenvalue weighted by molar-refractivity contribution is 7.98. The largest absolute Gasteiger partial charge is 0.294 e. The smallest absolute Gasteiger partial charge is 0.282 e. The first-order valence-corrected chi connectivity index (χ1v) is 12.0. The van der Waals surface area contributed by atoms with Crippen LogP contribution in [0.25, 0.3) is 6.08 Å². The molecule has 1 aliphatic heterocycles. The molecule has 156 valence electrons. The van der Waals surface area contributed by atoms with E-state index in [-0.39, 0.29) is 16.5 Å². The van der Waals surface area contributed by atoms with Crippen LogP contribution in [0.4, 0.5) is 5.69 Å². The van der Waals surface area contributed by atoms with Crippen LogP contribution in [0.1, 0.15) is 11.1 Å². The van der Waals surface area contributed by atoms with E-state index in [0.29, 0.717) is 11.5 Å². The van der Waals surface area contributed by atoms with Gasteiger partial charge in [-0.25, -0.2) is 4.99 Å². The Hall–Kier alpha value is -3.20. The lowest BCUT2D eigenvalue weighted by Gasteiger charge is -2.18. The minimum absolute atomic E-state index is 0.245. The number of hydrogen-bond acceptors (Lipinski definition) is 5. The highest BCUT2D eigenvalue weighted by Gasteiger charge is 2.32. The fourth-order valence-corrected chi connectivity index (χ4v) is 4.05. The minimum atomic E-state index is -4.33. The number of amidine groups is 1. The molecule has 1 N–H and O–H groups in total. The number of nitrogens with zero attached hydrogens (tertiary/aromatic N) is 2. The predicted octanol–water partition coefficient (Wildman–Crippen LogP) is 4.49. The van der Waals surface area contributed by atoms with E-state index in [2.05, 4.69) is 4.99 Å². The summed E-state index contributed by atoms with van der Waals surface area (Å²) in [6, 6.07) is 22.5. The second-order valence-electron chi connectivity index (χ2n) is 6.71. The second kappa shape index (κ2) is 8.50. The molecule has 0 unspecified atom stereocenters. The van der Waals surface area contributed by atoms with Crippen LogP contribution < -0.4 is 4.90 Å². The number of benzene rings is 3. The molecule has 1 amide bonds. The van der Waals surface area contributed by atoms with Crippen LogP contribution >= 0.6 is 11.8 Å². The van der Waals surface area contributed by atoms with Crippen LogP contribution in [0.3, 0.4) is 0 Å². The van der Waals surface area contributed by atoms with Crippen molar-refractivity contribution in [2.24, 2.45) is 4.99 Å². The van der Waals surface area contributed by atoms with Gasteiger partial charge in [0.25, 0.3) is 16.0 Å². The summed E-state index contributed by atoms with van der Waals surface area (Å²) in [5.74, 6) is 0.115. The summed E-state index contributed by atoms with van der Waals surface area (Å²) in [7, 11) is -4.33. The number of anilines is 1. The maximum atomic E-state index is 13.3. The van der Waals surface area contributed by atoms with Gasteiger partial charge in [0.2, 0.25) is 0 Å². The maximum absolute atomic E-state index is 13.3. The van der Waals surface area contributed by atoms with Crippen molar-refractivity contribution in [2.75, 3.05) is 11.2 Å². The molecule has 0 saturated heterocycles. The Bertz CT molecular complexity index is 1280. The van der Waals surface area contributed by atoms with E-state index < -0.39 is 10.1 Å². The molecule has 0 radical (unpaired) electrons. The van der Waals surface area contributed by atoms with Gasteiger partial charge in [0.05, 0.1) is 10.6 Å². The molecule has 4 rings (SSSR count). The third-order valence-corrected chi connectivity index (χ3v) is 6.32. The summed E-state index contributed by atoms with van der Waals surface area (Å²) in [6.45, 7) is 0. The summed E-state index contributed by atoms with van der Waals surface area (Å²) in [6.07, 6.45) is 3.72. The fourth-order valence-electron chi connectivity index (χ4n) is 3.16. The lowest BCUT2D eigenvalue weighted by Crippen LogP contribution is -2.32. The van der Waals surface area contributed by atoms with Gasteiger partial charge in [0.1, 0.15) is 11.5 Å². The number of aliphatic imine (C=N–C) groups is 1. The van der Waals surface area contributed by atoms with E-state index in [1.165, 1.54) is 29.2 Å². The minimum Gasteiger partial charge on any atom is -0.282 e. The molecule has 6 nitrogen and oxygen atoms in total. The van der Waals surface area contributed by atoms with Crippen molar-refractivity contribution in [1.82, 2.24) is 0 Å². The highest BCUT2D eigenvalue weighted by Crippen LogP contribution is 2.29. The number of hydrogen-bond donors (Lipinski definition) is 1. The third kappa shape index (κ3) is 4.46. The quantitative estimate of drug-likeness (QED) is 0.352. The van der Waals surface area contributed by atoms with Gasteiger partial charge < -0.3 is 0 Å². The van der Waals surface area contributed by atoms with Gasteiger partial charge >= 0.3 is 0 Å². The van der Waals surface area contributed by atoms with E-state index in [1.54, 1.807) is 17.8 Å². The van der Waals surface area contributed by atoms with E-state index >= 15 is 0 Å². The number of carbonyl (C=O) groups excluding carboxylic acids is 1. The molecule has 1 heterocycles. The van der Waals surface area contributed by atoms with Crippen molar-refractivity contribution in [3.8, 4) is 0 Å². The summed E-state index contributed by atoms with van der Waals surface area (Å²) in [5.41, 5.74) is 2.31. The Labute approximate surface area is 184 Å². The van der Waals surface area contributed by atoms with Gasteiger partial charge in [-0.15, -0.1) is 11.8 Å². The zero-order chi connectivity index (χ0) is 22.0. The summed E-state index contributed by atoms with van der Waals surface area (Å²) < 4.78 is 31.9. The SMILES string of the molecule is CSc1ccc(/C=C2/N=C(c3ccccc3)N(c3ccc(S(=O)(=O)O)cc3)C2=O)cc1. The topological polar surface area (TPSA) is 87.0 Å². The molecule has 0 aromatic heterocycles. The lowest BCUT2D eigenvalue weighted by atomic mass is 10.1. The van der Waals surface area contributed by atoms with Crippen molar-refractivity contribution in [3.05, 3.63) is 95.7 Å². The molecule has 31 heavy (non-hydrogen) atoms. The molecular weight excluding hydrogens is 432 g/mol. The monoisotopic (exact) mass is 450 g/mol. The molecule has 8 heteroatoms. The first-order valence-electron chi connectivity index (χ1n) is 9.29. The molecule has 1 aliphatic rings. The van der Waals surface area contributed by atoms with Crippen molar-refractivity contribution >= 4 is 45.4 Å². The van der Waals surface area contributed by atoms with Crippen LogP contribution in [0, 0.1) is 0 Å². The molecule has 0 saturated carbocycles. The first kappa shape index (κ1) is 21.0. The third-order valence-electron chi connectivity index (χ3n) is 4.70. The van der Waals surface area contributed by atoms with Gasteiger partial charge in [-0.3, -0.25) is 14.2 Å². The van der Waals surface area contributed by atoms with Crippen LogP contribution in [-0.2, 0) is 14.9 Å². The maximum Gasteiger partial charge on any atom is 0.294 e. The number of carbonyl (C=O) groups is 1. The Morgan fingerprint density at radius 1 is 0.935 bits per heavy atom. The normalized spacial score (nSPS) is 15.4. The molecule has 0 atom stereocenters. The Kier molecular flexibility index (Phi) is 5.77. The van der Waals surface area contributed by atoms with Crippen LogP contribution in [0.5, 0.6) is 0 Å². The second-order valence-corrected chi connectivity index (χ2v) is 9.01. The van der Waals surface area contributed by atoms with Crippen molar-refractivity contribution < 1.29 is 17.8 Å². The summed E-state index contributed by atoms with van der Waals surface area (Å²) in [5, 5.41) is 0. The van der Waals surface area contributed by atoms with Gasteiger partial charge in [-0.05, 0) is 54.3 Å². The summed E-state index contributed by atoms with van der Waals surface area (Å²) >= 11 is 1.63. The molecule has 0 bridgehead atoms. The van der Waals surface area contributed by atoms with Crippen molar-refractivity contribution in [1.29, 1.82) is 0 Å². The number of thioether (sulfide) groups is 1. The average Bonchev–Trinajstić information content (AvgIpc) is 3.10. The van der Waals surface area contributed by atoms with Gasteiger partial charge in [-0.2, -0.15) is 8.42 Å². The highest BCUT2D eigenvalue weighted by atomic mass is 32.2. The average molecular weight is 451 g/mol. The van der Waals surface area contributed by atoms with Gasteiger partial charge in [0, 0.05) is 10.5 Å². The van der Waals surface area contributed by atoms with E-state index in [1.807, 2.05) is 60.9 Å². The summed E-state index contributed by atoms with van der Waals surface area (Å²) in [4.78, 5) is 20.2. The molecule has 0 fully saturated rings. The number of rotatable bonds is 5. The fraction of sp³-hybridized carbons (Fsp3) is 0.0435. The van der Waals surface area contributed by atoms with Crippen LogP contribution in [0.15, 0.2) is 99.3 Å². The standard InChI is InChI=1S/C23H18N2O4S2/c1-30-19-11-7-16(8-12-19)15-21-23(26)25(22(24-21)17-5-3-2-4-6-17)18-9-13-20(14-10-18)31(27,28)29/h2-15H,1H3,(H,27,28,29)/b21-15+. The molecular formula is C23H18N2O4S2. The van der Waals surface area contributed by atoms with E-state index in [4.69, 9.17) is 0 Å². The molecule has 3 aromatic carbocycles. The Morgan fingerprint density at radius 2 is 1.58 bits per heavy atom. The van der Waals surface area contributed by atoms with Crippen molar-refractivity contribution in [3.63, 3.8) is 0 Å². The zero-order valence-corrected chi connectivity index (χ0v) is 18.1. The number of amides is 1. The Morgan fingerprint density at radius 3 is 2.16 bits per heavy atom. The predicted molar refractivity (Wildman–Crippen MR) is 123 cm³/mol. The molecule has 3 aromatic rings. The van der Waals surface area contributed by atoms with Crippen molar-refractivity contribution in [2.45, 2.75) is 9.79 Å². The van der Waals surface area contributed by atoms with E-state index in [0.717, 1.165) is 16.0 Å². The van der Waals surface area contributed by atoms with E-state index in [9.17, 15) is 17.8 Å². The molecule has 0 aliphatic carbocycles. The van der Waals surface area contributed by atoms with Gasteiger partial charge in [0.15, 0.2) is 0 Å². The zero-order valence-electron chi connectivity index (χ0n) is 16.5. The van der Waals surface area contributed by atoms with Crippen LogP contribution in [0.2, 0.25) is 0 Å². The van der Waals surface area contributed by atoms with Gasteiger partial charge in [-0.1, -0.05) is 42.5 Å². The lowest BCUT2D eigenvalue weighted by molar-refractivity contribution is -0.113. The van der Waals surface area contributed by atoms with Crippen LogP contribution in [-0.4, -0.2) is 31.0 Å². The Balaban J connectivity index is 1.77. The first-order chi connectivity index (χ1) is 14.9. The molecule has 0 spiro atoms.